The zero-order valence-corrected chi connectivity index (χ0v) is 10.5. The largest absolute Gasteiger partial charge is 0.298 e. The highest BCUT2D eigenvalue weighted by atomic mass is 32.2. The molecule has 5 heteroatoms. The molecule has 1 aliphatic rings. The van der Waals surface area contributed by atoms with Crippen molar-refractivity contribution in [2.45, 2.75) is 30.7 Å². The van der Waals surface area contributed by atoms with Gasteiger partial charge in [-0.25, -0.2) is 8.42 Å². The van der Waals surface area contributed by atoms with E-state index in [0.717, 1.165) is 12.8 Å². The SMILES string of the molecule is C[C@H]1CCCN1S(=O)(=O)c1ccc(C=O)cc1. The molecule has 0 unspecified atom stereocenters. The van der Waals surface area contributed by atoms with Gasteiger partial charge < -0.3 is 0 Å². The van der Waals surface area contributed by atoms with E-state index in [1.165, 1.54) is 28.6 Å². The summed E-state index contributed by atoms with van der Waals surface area (Å²) >= 11 is 0. The Bertz CT molecular complexity index is 507. The molecule has 0 radical (unpaired) electrons. The molecule has 0 N–H and O–H groups in total. The number of aldehydes is 1. The van der Waals surface area contributed by atoms with Crippen molar-refractivity contribution in [3.63, 3.8) is 0 Å². The van der Waals surface area contributed by atoms with E-state index in [1.54, 1.807) is 0 Å². The van der Waals surface area contributed by atoms with Crippen molar-refractivity contribution < 1.29 is 13.2 Å². The second-order valence-electron chi connectivity index (χ2n) is 4.29. The molecule has 0 spiro atoms. The molecule has 1 aromatic carbocycles. The number of carbonyl (C=O) groups excluding carboxylic acids is 1. The van der Waals surface area contributed by atoms with Crippen LogP contribution in [0.3, 0.4) is 0 Å². The Morgan fingerprint density at radius 2 is 1.94 bits per heavy atom. The smallest absolute Gasteiger partial charge is 0.243 e. The first kappa shape index (κ1) is 12.3. The first-order valence-electron chi connectivity index (χ1n) is 5.63. The standard InChI is InChI=1S/C12H15NO3S/c1-10-3-2-8-13(10)17(15,16)12-6-4-11(9-14)5-7-12/h4-7,9-10H,2-3,8H2,1H3/t10-/m0/s1. The molecule has 0 amide bonds. The quantitative estimate of drug-likeness (QED) is 0.770. The first-order chi connectivity index (χ1) is 8.05. The van der Waals surface area contributed by atoms with E-state index in [0.29, 0.717) is 18.4 Å². The number of hydrogen-bond donors (Lipinski definition) is 0. The van der Waals surface area contributed by atoms with Gasteiger partial charge in [-0.3, -0.25) is 4.79 Å². The van der Waals surface area contributed by atoms with E-state index >= 15 is 0 Å². The average molecular weight is 253 g/mol. The maximum Gasteiger partial charge on any atom is 0.243 e. The second kappa shape index (κ2) is 4.58. The Kier molecular flexibility index (Phi) is 3.31. The first-order valence-corrected chi connectivity index (χ1v) is 7.07. The number of carbonyl (C=O) groups is 1. The third-order valence-corrected chi connectivity index (χ3v) is 5.14. The summed E-state index contributed by atoms with van der Waals surface area (Å²) in [6.45, 7) is 2.50. The van der Waals surface area contributed by atoms with Crippen LogP contribution in [0.5, 0.6) is 0 Å². The average Bonchev–Trinajstić information content (AvgIpc) is 2.76. The van der Waals surface area contributed by atoms with Gasteiger partial charge in [0.1, 0.15) is 6.29 Å². The molecule has 1 fully saturated rings. The normalized spacial score (nSPS) is 21.6. The molecule has 1 saturated heterocycles. The zero-order chi connectivity index (χ0) is 12.5. The van der Waals surface area contributed by atoms with Crippen LogP contribution >= 0.6 is 0 Å². The van der Waals surface area contributed by atoms with E-state index in [1.807, 2.05) is 6.92 Å². The molecule has 1 aromatic rings. The van der Waals surface area contributed by atoms with Crippen LogP contribution in [0, 0.1) is 0 Å². The molecule has 1 heterocycles. The van der Waals surface area contributed by atoms with E-state index in [-0.39, 0.29) is 10.9 Å². The van der Waals surface area contributed by atoms with Gasteiger partial charge in [0, 0.05) is 18.2 Å². The second-order valence-corrected chi connectivity index (χ2v) is 6.18. The van der Waals surface area contributed by atoms with Gasteiger partial charge in [0.05, 0.1) is 4.90 Å². The Hall–Kier alpha value is -1.20. The van der Waals surface area contributed by atoms with Crippen LogP contribution < -0.4 is 0 Å². The van der Waals surface area contributed by atoms with Crippen molar-refractivity contribution in [2.24, 2.45) is 0 Å². The molecule has 17 heavy (non-hydrogen) atoms. The number of benzene rings is 1. The third-order valence-electron chi connectivity index (χ3n) is 3.11. The van der Waals surface area contributed by atoms with E-state index in [9.17, 15) is 13.2 Å². The number of hydrogen-bond acceptors (Lipinski definition) is 3. The highest BCUT2D eigenvalue weighted by molar-refractivity contribution is 7.89. The van der Waals surface area contributed by atoms with E-state index in [4.69, 9.17) is 0 Å². The molecule has 1 atom stereocenters. The molecule has 0 bridgehead atoms. The summed E-state index contributed by atoms with van der Waals surface area (Å²) < 4.78 is 26.1. The maximum absolute atomic E-state index is 12.3. The lowest BCUT2D eigenvalue weighted by Crippen LogP contribution is -2.33. The highest BCUT2D eigenvalue weighted by Crippen LogP contribution is 2.25. The van der Waals surface area contributed by atoms with Gasteiger partial charge in [-0.05, 0) is 31.9 Å². The molecule has 0 aliphatic carbocycles. The summed E-state index contributed by atoms with van der Waals surface area (Å²) in [6.07, 6.45) is 2.52. The van der Waals surface area contributed by atoms with Crippen molar-refractivity contribution >= 4 is 16.3 Å². The summed E-state index contributed by atoms with van der Waals surface area (Å²) in [5.74, 6) is 0. The minimum Gasteiger partial charge on any atom is -0.298 e. The zero-order valence-electron chi connectivity index (χ0n) is 9.67. The minimum atomic E-state index is -3.40. The fourth-order valence-electron chi connectivity index (χ4n) is 2.12. The molecular weight excluding hydrogens is 238 g/mol. The van der Waals surface area contributed by atoms with Crippen molar-refractivity contribution in [2.75, 3.05) is 6.54 Å². The van der Waals surface area contributed by atoms with Crippen molar-refractivity contribution in [1.82, 2.24) is 4.31 Å². The number of rotatable bonds is 3. The van der Waals surface area contributed by atoms with Gasteiger partial charge in [0.2, 0.25) is 10.0 Å². The molecule has 2 rings (SSSR count). The van der Waals surface area contributed by atoms with Gasteiger partial charge in [0.25, 0.3) is 0 Å². The lowest BCUT2D eigenvalue weighted by Gasteiger charge is -2.20. The lowest BCUT2D eigenvalue weighted by atomic mass is 10.2. The molecule has 0 aromatic heterocycles. The van der Waals surface area contributed by atoms with Crippen molar-refractivity contribution in [3.05, 3.63) is 29.8 Å². The van der Waals surface area contributed by atoms with Crippen LogP contribution in [0.1, 0.15) is 30.1 Å². The number of nitrogens with zero attached hydrogens (tertiary/aromatic N) is 1. The molecule has 1 aliphatic heterocycles. The topological polar surface area (TPSA) is 54.5 Å². The summed E-state index contributed by atoms with van der Waals surface area (Å²) in [6, 6.07) is 6.10. The van der Waals surface area contributed by atoms with Gasteiger partial charge in [0.15, 0.2) is 0 Å². The summed E-state index contributed by atoms with van der Waals surface area (Å²) in [5, 5.41) is 0. The fourth-order valence-corrected chi connectivity index (χ4v) is 3.82. The van der Waals surface area contributed by atoms with E-state index < -0.39 is 10.0 Å². The monoisotopic (exact) mass is 253 g/mol. The van der Waals surface area contributed by atoms with Crippen LogP contribution in [0.2, 0.25) is 0 Å². The summed E-state index contributed by atoms with van der Waals surface area (Å²) in [7, 11) is -3.40. The molecule has 4 nitrogen and oxygen atoms in total. The Morgan fingerprint density at radius 3 is 2.41 bits per heavy atom. The number of sulfonamides is 1. The van der Waals surface area contributed by atoms with Crippen LogP contribution in [-0.2, 0) is 10.0 Å². The lowest BCUT2D eigenvalue weighted by molar-refractivity contribution is 0.112. The van der Waals surface area contributed by atoms with Gasteiger partial charge >= 0.3 is 0 Å². The molecular formula is C12H15NO3S. The van der Waals surface area contributed by atoms with Crippen molar-refractivity contribution in [1.29, 1.82) is 0 Å². The van der Waals surface area contributed by atoms with Crippen LogP contribution in [0.25, 0.3) is 0 Å². The fraction of sp³-hybridized carbons (Fsp3) is 0.417. The Morgan fingerprint density at radius 1 is 1.29 bits per heavy atom. The van der Waals surface area contributed by atoms with Gasteiger partial charge in [-0.1, -0.05) is 12.1 Å². The predicted octanol–water partition coefficient (Wildman–Crippen LogP) is 1.67. The van der Waals surface area contributed by atoms with Gasteiger partial charge in [-0.15, -0.1) is 0 Å². The van der Waals surface area contributed by atoms with Crippen LogP contribution in [0.4, 0.5) is 0 Å². The summed E-state index contributed by atoms with van der Waals surface area (Å²) in [5.41, 5.74) is 0.485. The molecule has 92 valence electrons. The van der Waals surface area contributed by atoms with Gasteiger partial charge in [-0.2, -0.15) is 4.31 Å². The Labute approximate surface area is 101 Å². The van der Waals surface area contributed by atoms with E-state index in [2.05, 4.69) is 0 Å². The van der Waals surface area contributed by atoms with Crippen LogP contribution in [-0.4, -0.2) is 31.6 Å². The third kappa shape index (κ3) is 2.25. The highest BCUT2D eigenvalue weighted by Gasteiger charge is 2.32. The minimum absolute atomic E-state index is 0.0609. The maximum atomic E-state index is 12.3. The molecule has 0 saturated carbocycles. The predicted molar refractivity (Wildman–Crippen MR) is 64.4 cm³/mol. The van der Waals surface area contributed by atoms with Crippen LogP contribution in [0.15, 0.2) is 29.2 Å². The summed E-state index contributed by atoms with van der Waals surface area (Å²) in [4.78, 5) is 10.8. The van der Waals surface area contributed by atoms with Crippen molar-refractivity contribution in [3.8, 4) is 0 Å². The Balaban J connectivity index is 2.34.